The van der Waals surface area contributed by atoms with E-state index in [1.807, 2.05) is 19.1 Å². The molecule has 0 saturated carbocycles. The van der Waals surface area contributed by atoms with E-state index >= 15 is 0 Å². The van der Waals surface area contributed by atoms with Gasteiger partial charge in [-0.15, -0.1) is 0 Å². The third-order valence-corrected chi connectivity index (χ3v) is 10.5. The lowest BCUT2D eigenvalue weighted by Gasteiger charge is -2.33. The molecule has 0 spiro atoms. The first-order valence-electron chi connectivity index (χ1n) is 20.8. The molecule has 1 aromatic rings. The molecule has 0 bridgehead atoms. The van der Waals surface area contributed by atoms with Crippen LogP contribution in [-0.2, 0) is 58.5 Å². The van der Waals surface area contributed by atoms with Gasteiger partial charge in [-0.1, -0.05) is 84.7 Å². The Balaban J connectivity index is 3.54. The number of hydrogen-bond acceptors (Lipinski definition) is 12. The number of unbranched alkanes of at least 4 members (excludes halogenated alkanes) is 1. The lowest BCUT2D eigenvalue weighted by atomic mass is 9.85. The molecule has 0 aromatic heterocycles. The summed E-state index contributed by atoms with van der Waals surface area (Å²) < 4.78 is 0. The number of benzene rings is 1. The first-order valence-corrected chi connectivity index (χ1v) is 21.9. The van der Waals surface area contributed by atoms with Gasteiger partial charge < -0.3 is 53.0 Å². The van der Waals surface area contributed by atoms with Gasteiger partial charge in [-0.25, -0.2) is 0 Å². The predicted molar refractivity (Wildman–Crippen MR) is 233 cm³/mol. The van der Waals surface area contributed by atoms with Crippen molar-refractivity contribution in [1.82, 2.24) is 31.9 Å². The molecule has 21 nitrogen and oxygen atoms in total. The average molecular weight is 922 g/mol. The molecule has 1 aromatic carbocycles. The van der Waals surface area contributed by atoms with Crippen LogP contribution < -0.4 is 37.6 Å². The monoisotopic (exact) mass is 921 g/mol. The zero-order chi connectivity index (χ0) is 48.7. The van der Waals surface area contributed by atoms with Gasteiger partial charge in [-0.05, 0) is 36.2 Å². The van der Waals surface area contributed by atoms with E-state index in [1.54, 1.807) is 52.8 Å². The van der Waals surface area contributed by atoms with Gasteiger partial charge in [0.05, 0.1) is 18.9 Å². The topological polar surface area (TPSA) is 347 Å². The molecule has 0 fully saturated rings. The number of amides is 7. The maximum atomic E-state index is 14.2. The summed E-state index contributed by atoms with van der Waals surface area (Å²) in [5.74, 6) is -12.2. The van der Waals surface area contributed by atoms with Crippen LogP contribution in [0.3, 0.4) is 0 Å². The van der Waals surface area contributed by atoms with E-state index in [0.717, 1.165) is 5.56 Å². The molecule has 6 atom stereocenters. The van der Waals surface area contributed by atoms with Crippen molar-refractivity contribution in [2.24, 2.45) is 17.1 Å². The minimum atomic E-state index is -1.81. The summed E-state index contributed by atoms with van der Waals surface area (Å²) in [6.07, 6.45) is -2.11. The van der Waals surface area contributed by atoms with Crippen molar-refractivity contribution in [3.63, 3.8) is 0 Å². The number of carboxylic acid groups (broad SMARTS) is 3. The zero-order valence-corrected chi connectivity index (χ0v) is 37.8. The number of carbonyl (C=O) groups is 11. The fraction of sp³-hybridized carbons (Fsp3) is 0.595. The van der Waals surface area contributed by atoms with Gasteiger partial charge in [0, 0.05) is 24.3 Å². The molecule has 0 radical (unpaired) electrons. The molecular formula is C42H63N7O14S. The third-order valence-electron chi connectivity index (χ3n) is 9.38. The molecule has 0 aliphatic carbocycles. The maximum Gasteiger partial charge on any atom is 0.305 e. The standard InChI is InChI=1S/C42H63N7O14S/c1-7-8-14-25(34(57)36(43)58)45-38(60)27(19-23(2)3)47-41(63)35(42(4,5)6)49-40(62)29(22-64-21-24-12-10-9-11-13-24)48-37(59)26(15-17-31(51)52)46-39(61)28(20-33(55)56)44-30(50)16-18-32(53)54/h9-13,23,25-29,35H,7-8,14-22H2,1-6H3,(H2,43,58)(H,44,50)(H,45,60)(H,46,61)(H,47,63)(H,48,59)(H,49,62)(H,51,52)(H,53,54)(H,55,56)/t25?,26-,27-,28-,29-,35+/m0/s1. The summed E-state index contributed by atoms with van der Waals surface area (Å²) in [4.78, 5) is 140. The third kappa shape index (κ3) is 21.8. The van der Waals surface area contributed by atoms with Gasteiger partial charge in [0.1, 0.15) is 30.2 Å². The Bertz CT molecular complexity index is 1820. The SMILES string of the molecule is CCCCC(NC(=O)[C@H](CC(C)C)NC(=O)[C@@H](NC(=O)[C@H](CSCc1ccccc1)NC(=O)[C@H](CCC(=O)O)NC(=O)[C@H](CC(=O)O)NC(=O)CCC(=O)O)C(C)(C)C)C(=O)C(N)=O. The number of nitrogens with one attached hydrogen (secondary N) is 6. The Morgan fingerprint density at radius 1 is 0.625 bits per heavy atom. The number of hydrogen-bond donors (Lipinski definition) is 10. The van der Waals surface area contributed by atoms with E-state index in [-0.39, 0.29) is 24.5 Å². The van der Waals surface area contributed by atoms with Crippen LogP contribution in [0.15, 0.2) is 30.3 Å². The van der Waals surface area contributed by atoms with Gasteiger partial charge in [0.15, 0.2) is 0 Å². The Morgan fingerprint density at radius 2 is 1.16 bits per heavy atom. The van der Waals surface area contributed by atoms with Crippen LogP contribution in [0.4, 0.5) is 0 Å². The lowest BCUT2D eigenvalue weighted by Crippen LogP contribution is -2.62. The molecule has 0 heterocycles. The highest BCUT2D eigenvalue weighted by atomic mass is 32.2. The van der Waals surface area contributed by atoms with Crippen molar-refractivity contribution in [3.8, 4) is 0 Å². The molecule has 1 unspecified atom stereocenters. The Kier molecular flexibility index (Phi) is 24.4. The number of ketones is 1. The maximum absolute atomic E-state index is 14.2. The molecule has 7 amide bonds. The Morgan fingerprint density at radius 3 is 1.69 bits per heavy atom. The number of rotatable bonds is 30. The number of carboxylic acids is 3. The minimum absolute atomic E-state index is 0.0885. The van der Waals surface area contributed by atoms with Gasteiger partial charge in [0.25, 0.3) is 5.91 Å². The van der Waals surface area contributed by atoms with Crippen molar-refractivity contribution in [1.29, 1.82) is 0 Å². The van der Waals surface area contributed by atoms with Gasteiger partial charge in [0.2, 0.25) is 41.2 Å². The highest BCUT2D eigenvalue weighted by molar-refractivity contribution is 7.98. The number of aliphatic carboxylic acids is 3. The summed E-state index contributed by atoms with van der Waals surface area (Å²) in [5.41, 5.74) is 5.04. The van der Waals surface area contributed by atoms with Gasteiger partial charge in [-0.2, -0.15) is 11.8 Å². The van der Waals surface area contributed by atoms with Crippen molar-refractivity contribution in [3.05, 3.63) is 35.9 Å². The van der Waals surface area contributed by atoms with Crippen molar-refractivity contribution < 1.29 is 68.1 Å². The molecule has 1 rings (SSSR count). The molecule has 0 aliphatic rings. The van der Waals surface area contributed by atoms with Crippen LogP contribution in [0, 0.1) is 11.3 Å². The summed E-state index contributed by atoms with van der Waals surface area (Å²) >= 11 is 1.21. The number of thioether (sulfide) groups is 1. The molecular weight excluding hydrogens is 859 g/mol. The van der Waals surface area contributed by atoms with Gasteiger partial charge >= 0.3 is 17.9 Å². The van der Waals surface area contributed by atoms with Crippen molar-refractivity contribution in [2.75, 3.05) is 5.75 Å². The van der Waals surface area contributed by atoms with E-state index in [0.29, 0.717) is 18.6 Å². The second-order valence-electron chi connectivity index (χ2n) is 16.6. The second-order valence-corrected chi connectivity index (χ2v) is 17.6. The van der Waals surface area contributed by atoms with E-state index < -0.39 is 139 Å². The minimum Gasteiger partial charge on any atom is -0.481 e. The fourth-order valence-electron chi connectivity index (χ4n) is 6.00. The number of carbonyl (C=O) groups excluding carboxylic acids is 8. The molecule has 11 N–H and O–H groups in total. The van der Waals surface area contributed by atoms with Crippen molar-refractivity contribution >= 4 is 76.8 Å². The summed E-state index contributed by atoms with van der Waals surface area (Å²) in [7, 11) is 0. The molecule has 22 heteroatoms. The largest absolute Gasteiger partial charge is 0.481 e. The van der Waals surface area contributed by atoms with Gasteiger partial charge in [-0.3, -0.25) is 52.7 Å². The molecule has 0 saturated heterocycles. The smallest absolute Gasteiger partial charge is 0.305 e. The van der Waals surface area contributed by atoms with Crippen LogP contribution in [0.1, 0.15) is 105 Å². The first-order chi connectivity index (χ1) is 29.9. The predicted octanol–water partition coefficient (Wildman–Crippen LogP) is 0.370. The second kappa shape index (κ2) is 27.9. The molecule has 0 aliphatic heterocycles. The normalized spacial score (nSPS) is 14.0. The lowest BCUT2D eigenvalue weighted by molar-refractivity contribution is -0.142. The average Bonchev–Trinajstić information content (AvgIpc) is 3.20. The fourth-order valence-corrected chi connectivity index (χ4v) is 7.02. The number of Topliss-reactive ketones (excluding diaryl/α,β-unsaturated/α-hetero) is 1. The van der Waals surface area contributed by atoms with Crippen LogP contribution in [0.25, 0.3) is 0 Å². The summed E-state index contributed by atoms with van der Waals surface area (Å²) in [6.45, 7) is 10.3. The van der Waals surface area contributed by atoms with Crippen LogP contribution in [0.5, 0.6) is 0 Å². The van der Waals surface area contributed by atoms with Crippen LogP contribution in [0.2, 0.25) is 0 Å². The molecule has 64 heavy (non-hydrogen) atoms. The number of nitrogens with two attached hydrogens (primary N) is 1. The summed E-state index contributed by atoms with van der Waals surface area (Å²) in [5, 5.41) is 42.5. The van der Waals surface area contributed by atoms with E-state index in [9.17, 15) is 63.0 Å². The quantitative estimate of drug-likeness (QED) is 0.0466. The number of primary amides is 1. The summed E-state index contributed by atoms with van der Waals surface area (Å²) in [6, 6.07) is 0.241. The molecule has 356 valence electrons. The first kappa shape index (κ1) is 56.0. The highest BCUT2D eigenvalue weighted by Gasteiger charge is 2.38. The van der Waals surface area contributed by atoms with Crippen molar-refractivity contribution in [2.45, 2.75) is 141 Å². The Labute approximate surface area is 375 Å². The van der Waals surface area contributed by atoms with Crippen LogP contribution in [-0.4, -0.2) is 122 Å². The highest BCUT2D eigenvalue weighted by Crippen LogP contribution is 2.21. The Hall–Kier alpha value is -6.06. The van der Waals surface area contributed by atoms with E-state index in [1.165, 1.54) is 11.8 Å². The van der Waals surface area contributed by atoms with Crippen LogP contribution >= 0.6 is 11.8 Å². The van der Waals surface area contributed by atoms with E-state index in [4.69, 9.17) is 10.8 Å². The van der Waals surface area contributed by atoms with E-state index in [2.05, 4.69) is 31.9 Å². The zero-order valence-electron chi connectivity index (χ0n) is 37.0.